The fourth-order valence-corrected chi connectivity index (χ4v) is 4.24. The maximum absolute atomic E-state index is 13.1. The molecule has 2 heterocycles. The topological polar surface area (TPSA) is 76.3 Å². The van der Waals surface area contributed by atoms with E-state index >= 15 is 0 Å². The number of thiazole rings is 1. The second kappa shape index (κ2) is 6.91. The van der Waals surface area contributed by atoms with Crippen molar-refractivity contribution in [3.05, 3.63) is 40.0 Å². The van der Waals surface area contributed by atoms with Crippen LogP contribution < -0.4 is 5.73 Å². The summed E-state index contributed by atoms with van der Waals surface area (Å²) in [4.78, 5) is 31.5. The number of halogens is 1. The van der Waals surface area contributed by atoms with Crippen LogP contribution in [0.5, 0.6) is 0 Å². The third kappa shape index (κ3) is 3.16. The number of primary amides is 1. The normalized spacial score (nSPS) is 17.8. The number of carbonyl (C=O) groups excluding carboxylic acids is 2. The first kappa shape index (κ1) is 16.9. The van der Waals surface area contributed by atoms with Gasteiger partial charge in [0.25, 0.3) is 5.91 Å². The summed E-state index contributed by atoms with van der Waals surface area (Å²) in [5.74, 6) is -0.716. The van der Waals surface area contributed by atoms with Gasteiger partial charge in [-0.25, -0.2) is 4.98 Å². The number of hydrogen-bond donors (Lipinski definition) is 1. The molecule has 1 unspecified atom stereocenters. The molecule has 0 spiro atoms. The van der Waals surface area contributed by atoms with Crippen LogP contribution in [0.2, 0.25) is 5.02 Å². The lowest BCUT2D eigenvalue weighted by atomic mass is 10.0. The first-order valence-corrected chi connectivity index (χ1v) is 9.01. The predicted molar refractivity (Wildman–Crippen MR) is 95.2 cm³/mol. The van der Waals surface area contributed by atoms with Gasteiger partial charge in [0.15, 0.2) is 0 Å². The number of benzene rings is 1. The number of nitrogens with zero attached hydrogens (tertiary/aromatic N) is 2. The minimum absolute atomic E-state index is 0.252. The number of hydrogen-bond acceptors (Lipinski definition) is 4. The van der Waals surface area contributed by atoms with Gasteiger partial charge in [0, 0.05) is 17.1 Å². The molecule has 1 atom stereocenters. The number of aryl methyl sites for hydroxylation is 1. The Morgan fingerprint density at radius 1 is 1.33 bits per heavy atom. The van der Waals surface area contributed by atoms with Gasteiger partial charge in [-0.1, -0.05) is 29.8 Å². The molecule has 2 amide bonds. The number of piperidine rings is 1. The molecule has 2 aromatic rings. The summed E-state index contributed by atoms with van der Waals surface area (Å²) in [5, 5.41) is 1.35. The molecule has 0 aliphatic carbocycles. The highest BCUT2D eigenvalue weighted by Gasteiger charge is 2.34. The molecular weight excluding hydrogens is 346 g/mol. The van der Waals surface area contributed by atoms with Gasteiger partial charge in [0.2, 0.25) is 5.91 Å². The number of aromatic nitrogens is 1. The van der Waals surface area contributed by atoms with E-state index in [2.05, 4.69) is 4.98 Å². The first-order chi connectivity index (χ1) is 11.5. The highest BCUT2D eigenvalue weighted by molar-refractivity contribution is 7.15. The van der Waals surface area contributed by atoms with Gasteiger partial charge < -0.3 is 10.6 Å². The third-order valence-corrected chi connectivity index (χ3v) is 5.48. The minimum atomic E-state index is -0.563. The number of amides is 2. The molecule has 0 saturated carbocycles. The Bertz CT molecular complexity index is 790. The zero-order valence-electron chi connectivity index (χ0n) is 13.3. The molecule has 1 aliphatic heterocycles. The Kier molecular flexibility index (Phi) is 4.87. The van der Waals surface area contributed by atoms with E-state index in [4.69, 9.17) is 17.3 Å². The Labute approximate surface area is 149 Å². The largest absolute Gasteiger partial charge is 0.368 e. The van der Waals surface area contributed by atoms with Crippen LogP contribution in [0.1, 0.15) is 34.8 Å². The van der Waals surface area contributed by atoms with Crippen LogP contribution in [-0.2, 0) is 4.79 Å². The molecule has 1 fully saturated rings. The second-order valence-corrected chi connectivity index (χ2v) is 7.41. The van der Waals surface area contributed by atoms with Crippen LogP contribution in [0.3, 0.4) is 0 Å². The number of likely N-dealkylation sites (tertiary alicyclic amines) is 1. The molecule has 0 bridgehead atoms. The maximum atomic E-state index is 13.1. The van der Waals surface area contributed by atoms with E-state index in [1.54, 1.807) is 11.0 Å². The molecular formula is C17H18ClN3O2S. The summed E-state index contributed by atoms with van der Waals surface area (Å²) in [5.41, 5.74) is 6.60. The van der Waals surface area contributed by atoms with Crippen molar-refractivity contribution in [1.29, 1.82) is 0 Å². The molecule has 1 aromatic heterocycles. The fourth-order valence-electron chi connectivity index (χ4n) is 3.01. The first-order valence-electron chi connectivity index (χ1n) is 7.81. The lowest BCUT2D eigenvalue weighted by Crippen LogP contribution is -2.50. The summed E-state index contributed by atoms with van der Waals surface area (Å²) in [6, 6.07) is 6.81. The zero-order chi connectivity index (χ0) is 17.3. The summed E-state index contributed by atoms with van der Waals surface area (Å²) < 4.78 is 0. The fraction of sp³-hybridized carbons (Fsp3) is 0.353. The summed E-state index contributed by atoms with van der Waals surface area (Å²) in [6.45, 7) is 2.37. The van der Waals surface area contributed by atoms with Crippen LogP contribution >= 0.6 is 22.9 Å². The van der Waals surface area contributed by atoms with E-state index in [9.17, 15) is 9.59 Å². The Balaban J connectivity index is 2.02. The molecule has 2 N–H and O–H groups in total. The van der Waals surface area contributed by atoms with Crippen molar-refractivity contribution < 1.29 is 9.59 Å². The van der Waals surface area contributed by atoms with Crippen LogP contribution in [0.15, 0.2) is 24.3 Å². The molecule has 126 valence electrons. The summed E-state index contributed by atoms with van der Waals surface area (Å²) in [7, 11) is 0. The Hall–Kier alpha value is -1.92. The maximum Gasteiger partial charge on any atom is 0.274 e. The van der Waals surface area contributed by atoms with Gasteiger partial charge in [0.1, 0.15) is 11.7 Å². The van der Waals surface area contributed by atoms with Crippen LogP contribution in [-0.4, -0.2) is 34.3 Å². The van der Waals surface area contributed by atoms with Crippen molar-refractivity contribution >= 4 is 34.8 Å². The number of nitrogens with two attached hydrogens (primary N) is 1. The van der Waals surface area contributed by atoms with Crippen LogP contribution in [0.25, 0.3) is 10.4 Å². The van der Waals surface area contributed by atoms with Gasteiger partial charge in [0.05, 0.1) is 9.88 Å². The van der Waals surface area contributed by atoms with Gasteiger partial charge in [-0.05, 0) is 32.3 Å². The Morgan fingerprint density at radius 3 is 2.79 bits per heavy atom. The molecule has 7 heteroatoms. The molecule has 1 aliphatic rings. The van der Waals surface area contributed by atoms with Crippen LogP contribution in [0, 0.1) is 6.92 Å². The average Bonchev–Trinajstić information content (AvgIpc) is 2.96. The molecule has 1 saturated heterocycles. The molecule has 24 heavy (non-hydrogen) atoms. The quantitative estimate of drug-likeness (QED) is 0.909. The summed E-state index contributed by atoms with van der Waals surface area (Å²) in [6.07, 6.45) is 2.36. The summed E-state index contributed by atoms with van der Waals surface area (Å²) >= 11 is 7.71. The highest BCUT2D eigenvalue weighted by Crippen LogP contribution is 2.36. The van der Waals surface area contributed by atoms with E-state index in [1.807, 2.05) is 25.1 Å². The van der Waals surface area contributed by atoms with Crippen LogP contribution in [0.4, 0.5) is 0 Å². The molecule has 5 nitrogen and oxygen atoms in total. The molecule has 0 radical (unpaired) electrons. The number of carbonyl (C=O) groups is 2. The Morgan fingerprint density at radius 2 is 2.08 bits per heavy atom. The molecule has 3 rings (SSSR count). The average molecular weight is 364 g/mol. The third-order valence-electron chi connectivity index (χ3n) is 4.15. The van der Waals surface area contributed by atoms with E-state index in [1.165, 1.54) is 11.3 Å². The van der Waals surface area contributed by atoms with Gasteiger partial charge in [-0.15, -0.1) is 11.3 Å². The molecule has 1 aromatic carbocycles. The minimum Gasteiger partial charge on any atom is -0.368 e. The van der Waals surface area contributed by atoms with Crippen molar-refractivity contribution in [1.82, 2.24) is 9.88 Å². The van der Waals surface area contributed by atoms with E-state index in [-0.39, 0.29) is 5.91 Å². The number of rotatable bonds is 3. The van der Waals surface area contributed by atoms with Gasteiger partial charge >= 0.3 is 0 Å². The SMILES string of the molecule is Cc1nc(C(=O)N2CCCCC2C(N)=O)c(-c2ccccc2Cl)s1. The predicted octanol–water partition coefficient (Wildman–Crippen LogP) is 3.25. The van der Waals surface area contributed by atoms with Crippen molar-refractivity contribution in [3.63, 3.8) is 0 Å². The van der Waals surface area contributed by atoms with E-state index in [0.29, 0.717) is 23.7 Å². The van der Waals surface area contributed by atoms with Gasteiger partial charge in [-0.3, -0.25) is 9.59 Å². The standard InChI is InChI=1S/C17H18ClN3O2S/c1-10-20-14(15(24-10)11-6-2-3-7-12(11)18)17(23)21-9-5-4-8-13(21)16(19)22/h2-3,6-7,13H,4-5,8-9H2,1H3,(H2,19,22). The van der Waals surface area contributed by atoms with Crippen molar-refractivity contribution in [2.45, 2.75) is 32.2 Å². The monoisotopic (exact) mass is 363 g/mol. The van der Waals surface area contributed by atoms with Crippen molar-refractivity contribution in [3.8, 4) is 10.4 Å². The second-order valence-electron chi connectivity index (χ2n) is 5.80. The van der Waals surface area contributed by atoms with E-state index in [0.717, 1.165) is 28.3 Å². The van der Waals surface area contributed by atoms with Crippen molar-refractivity contribution in [2.24, 2.45) is 5.73 Å². The highest BCUT2D eigenvalue weighted by atomic mass is 35.5. The lowest BCUT2D eigenvalue weighted by molar-refractivity contribution is -0.123. The zero-order valence-corrected chi connectivity index (χ0v) is 14.9. The lowest BCUT2D eigenvalue weighted by Gasteiger charge is -2.33. The smallest absolute Gasteiger partial charge is 0.274 e. The van der Waals surface area contributed by atoms with Crippen molar-refractivity contribution in [2.75, 3.05) is 6.54 Å². The van der Waals surface area contributed by atoms with E-state index < -0.39 is 11.9 Å². The van der Waals surface area contributed by atoms with Gasteiger partial charge in [-0.2, -0.15) is 0 Å².